The van der Waals surface area contributed by atoms with Crippen molar-refractivity contribution in [2.45, 2.75) is 6.42 Å². The van der Waals surface area contributed by atoms with Crippen LogP contribution < -0.4 is 0 Å². The quantitative estimate of drug-likeness (QED) is 0.766. The molecule has 0 aliphatic heterocycles. The summed E-state index contributed by atoms with van der Waals surface area (Å²) in [4.78, 5) is 11.7. The number of hydrogen-bond donors (Lipinski definition) is 0. The van der Waals surface area contributed by atoms with Crippen molar-refractivity contribution in [3.8, 4) is 0 Å². The Morgan fingerprint density at radius 3 is 2.81 bits per heavy atom. The molecule has 0 saturated carbocycles. The van der Waals surface area contributed by atoms with Crippen LogP contribution in [0.15, 0.2) is 41.2 Å². The van der Waals surface area contributed by atoms with Crippen molar-refractivity contribution in [3.63, 3.8) is 0 Å². The molecule has 1 aromatic heterocycles. The van der Waals surface area contributed by atoms with Gasteiger partial charge in [0.1, 0.15) is 12.1 Å². The number of Topliss-reactive ketones (excluding diaryl/α,β-unsaturated/α-hetero) is 1. The minimum atomic E-state index is -0.412. The monoisotopic (exact) mass is 238 g/mol. The smallest absolute Gasteiger partial charge is 0.170 e. The van der Waals surface area contributed by atoms with Crippen LogP contribution in [-0.4, -0.2) is 5.78 Å². The molecule has 0 atom stereocenters. The highest BCUT2D eigenvalue weighted by molar-refractivity contribution is 6.31. The number of halogens is 2. The van der Waals surface area contributed by atoms with E-state index in [-0.39, 0.29) is 17.2 Å². The van der Waals surface area contributed by atoms with E-state index >= 15 is 0 Å². The molecule has 0 bridgehead atoms. The summed E-state index contributed by atoms with van der Waals surface area (Å²) < 4.78 is 17.6. The van der Waals surface area contributed by atoms with E-state index in [0.717, 1.165) is 0 Å². The second-order valence-corrected chi connectivity index (χ2v) is 3.75. The zero-order chi connectivity index (χ0) is 11.5. The van der Waals surface area contributed by atoms with E-state index in [1.54, 1.807) is 6.07 Å². The molecule has 82 valence electrons. The molecule has 0 radical (unpaired) electrons. The maximum absolute atomic E-state index is 12.8. The van der Waals surface area contributed by atoms with Crippen molar-refractivity contribution in [2.24, 2.45) is 0 Å². The number of furan rings is 1. The number of carbonyl (C=O) groups is 1. The first kappa shape index (κ1) is 10.9. The highest BCUT2D eigenvalue weighted by atomic mass is 35.5. The lowest BCUT2D eigenvalue weighted by molar-refractivity contribution is 0.0992. The molecule has 4 heteroatoms. The molecular formula is C12H8ClFO2. The van der Waals surface area contributed by atoms with E-state index in [9.17, 15) is 9.18 Å². The molecule has 2 aromatic rings. The first-order valence-corrected chi connectivity index (χ1v) is 5.04. The second kappa shape index (κ2) is 4.49. The standard InChI is InChI=1S/C12H8ClFO2/c13-11-6-10(14)2-1-8(11)5-12(15)9-3-4-16-7-9/h1-4,6-7H,5H2. The third kappa shape index (κ3) is 2.31. The van der Waals surface area contributed by atoms with Crippen LogP contribution in [0.4, 0.5) is 4.39 Å². The maximum Gasteiger partial charge on any atom is 0.170 e. The Balaban J connectivity index is 2.18. The minimum absolute atomic E-state index is 0.109. The summed E-state index contributed by atoms with van der Waals surface area (Å²) in [6, 6.07) is 5.57. The van der Waals surface area contributed by atoms with Crippen molar-refractivity contribution in [2.75, 3.05) is 0 Å². The molecular weight excluding hydrogens is 231 g/mol. The molecule has 0 unspecified atom stereocenters. The normalized spacial score (nSPS) is 10.4. The number of rotatable bonds is 3. The Labute approximate surface area is 96.6 Å². The molecule has 2 nitrogen and oxygen atoms in total. The van der Waals surface area contributed by atoms with Gasteiger partial charge in [-0.2, -0.15) is 0 Å². The average molecular weight is 239 g/mol. The summed E-state index contributed by atoms with van der Waals surface area (Å²) >= 11 is 5.82. The van der Waals surface area contributed by atoms with E-state index in [1.165, 1.54) is 30.7 Å². The number of carbonyl (C=O) groups excluding carboxylic acids is 1. The maximum atomic E-state index is 12.8. The summed E-state index contributed by atoms with van der Waals surface area (Å²) in [6.45, 7) is 0. The second-order valence-electron chi connectivity index (χ2n) is 3.35. The van der Waals surface area contributed by atoms with Crippen LogP contribution in [0.5, 0.6) is 0 Å². The topological polar surface area (TPSA) is 30.2 Å². The van der Waals surface area contributed by atoms with E-state index in [0.29, 0.717) is 11.1 Å². The fourth-order valence-corrected chi connectivity index (χ4v) is 1.60. The molecule has 16 heavy (non-hydrogen) atoms. The van der Waals surface area contributed by atoms with Crippen molar-refractivity contribution in [3.05, 3.63) is 58.8 Å². The van der Waals surface area contributed by atoms with Crippen LogP contribution in [0.25, 0.3) is 0 Å². The van der Waals surface area contributed by atoms with Crippen molar-refractivity contribution in [1.29, 1.82) is 0 Å². The molecule has 0 N–H and O–H groups in total. The zero-order valence-electron chi connectivity index (χ0n) is 8.24. The van der Waals surface area contributed by atoms with Gasteiger partial charge in [-0.25, -0.2) is 4.39 Å². The lowest BCUT2D eigenvalue weighted by Gasteiger charge is -2.02. The van der Waals surface area contributed by atoms with Gasteiger partial charge in [0.05, 0.1) is 11.8 Å². The lowest BCUT2D eigenvalue weighted by atomic mass is 10.1. The Morgan fingerprint density at radius 1 is 1.38 bits per heavy atom. The van der Waals surface area contributed by atoms with Crippen LogP contribution in [0, 0.1) is 5.82 Å². The summed E-state index contributed by atoms with van der Waals surface area (Å²) in [6.07, 6.45) is 2.94. The average Bonchev–Trinajstić information content (AvgIpc) is 2.75. The van der Waals surface area contributed by atoms with Gasteiger partial charge in [-0.15, -0.1) is 0 Å². The third-order valence-corrected chi connectivity index (χ3v) is 2.56. The molecule has 0 amide bonds. The van der Waals surface area contributed by atoms with Crippen molar-refractivity contribution < 1.29 is 13.6 Å². The lowest BCUT2D eigenvalue weighted by Crippen LogP contribution is -2.02. The third-order valence-electron chi connectivity index (χ3n) is 2.21. The minimum Gasteiger partial charge on any atom is -0.472 e. The van der Waals surface area contributed by atoms with Crippen molar-refractivity contribution >= 4 is 17.4 Å². The predicted octanol–water partition coefficient (Wildman–Crippen LogP) is 3.50. The molecule has 0 spiro atoms. The van der Waals surface area contributed by atoms with Gasteiger partial charge in [0.25, 0.3) is 0 Å². The van der Waals surface area contributed by atoms with Gasteiger partial charge >= 0.3 is 0 Å². The molecule has 0 aliphatic rings. The first-order valence-electron chi connectivity index (χ1n) is 4.66. The van der Waals surface area contributed by atoms with Gasteiger partial charge in [0, 0.05) is 11.4 Å². The molecule has 0 saturated heterocycles. The van der Waals surface area contributed by atoms with Gasteiger partial charge in [-0.3, -0.25) is 4.79 Å². The molecule has 0 fully saturated rings. The number of benzene rings is 1. The Bertz CT molecular complexity index is 506. The Hall–Kier alpha value is -1.61. The zero-order valence-corrected chi connectivity index (χ0v) is 9.00. The number of hydrogen-bond acceptors (Lipinski definition) is 2. The van der Waals surface area contributed by atoms with Gasteiger partial charge < -0.3 is 4.42 Å². The van der Waals surface area contributed by atoms with Crippen LogP contribution in [0.2, 0.25) is 5.02 Å². The highest BCUT2D eigenvalue weighted by Gasteiger charge is 2.11. The molecule has 1 heterocycles. The van der Waals surface area contributed by atoms with Crippen LogP contribution in [0.1, 0.15) is 15.9 Å². The van der Waals surface area contributed by atoms with Gasteiger partial charge in [0.15, 0.2) is 5.78 Å². The number of ketones is 1. The Kier molecular flexibility index (Phi) is 3.06. The van der Waals surface area contributed by atoms with Gasteiger partial charge in [-0.05, 0) is 23.8 Å². The molecule has 2 rings (SSSR count). The predicted molar refractivity (Wildman–Crippen MR) is 58.2 cm³/mol. The fraction of sp³-hybridized carbons (Fsp3) is 0.0833. The summed E-state index contributed by atoms with van der Waals surface area (Å²) in [5.74, 6) is -0.522. The van der Waals surface area contributed by atoms with E-state index < -0.39 is 5.82 Å². The summed E-state index contributed by atoms with van der Waals surface area (Å²) in [5, 5.41) is 0.261. The van der Waals surface area contributed by atoms with Gasteiger partial charge in [-0.1, -0.05) is 17.7 Å². The van der Waals surface area contributed by atoms with Crippen molar-refractivity contribution in [1.82, 2.24) is 0 Å². The van der Waals surface area contributed by atoms with Crippen LogP contribution in [0.3, 0.4) is 0 Å². The summed E-state index contributed by atoms with van der Waals surface area (Å²) in [7, 11) is 0. The largest absolute Gasteiger partial charge is 0.472 e. The van der Waals surface area contributed by atoms with Crippen LogP contribution >= 0.6 is 11.6 Å². The van der Waals surface area contributed by atoms with E-state index in [1.807, 2.05) is 0 Å². The molecule has 0 aliphatic carbocycles. The van der Waals surface area contributed by atoms with Crippen LogP contribution in [-0.2, 0) is 6.42 Å². The van der Waals surface area contributed by atoms with E-state index in [2.05, 4.69) is 0 Å². The highest BCUT2D eigenvalue weighted by Crippen LogP contribution is 2.19. The molecule has 1 aromatic carbocycles. The van der Waals surface area contributed by atoms with E-state index in [4.69, 9.17) is 16.0 Å². The SMILES string of the molecule is O=C(Cc1ccc(F)cc1Cl)c1ccoc1. The fourth-order valence-electron chi connectivity index (χ4n) is 1.36. The van der Waals surface area contributed by atoms with Gasteiger partial charge in [0.2, 0.25) is 0 Å². The first-order chi connectivity index (χ1) is 7.66. The Morgan fingerprint density at radius 2 is 2.19 bits per heavy atom. The summed E-state index contributed by atoms with van der Waals surface area (Å²) in [5.41, 5.74) is 1.09.